The van der Waals surface area contributed by atoms with Gasteiger partial charge in [0.05, 0.1) is 0 Å². The lowest BCUT2D eigenvalue weighted by atomic mass is 9.74. The highest BCUT2D eigenvalue weighted by Crippen LogP contribution is 2.57. The number of thioether (sulfide) groups is 1. The van der Waals surface area contributed by atoms with Gasteiger partial charge >= 0.3 is 6.18 Å². The summed E-state index contributed by atoms with van der Waals surface area (Å²) in [5, 5.41) is 0. The molecular formula is C10H15F3S. The predicted molar refractivity (Wildman–Crippen MR) is 52.4 cm³/mol. The third kappa shape index (κ3) is 2.38. The first kappa shape index (κ1) is 10.7. The minimum Gasteiger partial charge on any atom is -0.171 e. The van der Waals surface area contributed by atoms with E-state index in [2.05, 4.69) is 0 Å². The molecule has 0 atom stereocenters. The Balaban J connectivity index is 2.05. The van der Waals surface area contributed by atoms with E-state index in [9.17, 15) is 13.2 Å². The van der Waals surface area contributed by atoms with E-state index < -0.39 is 12.6 Å². The number of rotatable bonds is 2. The van der Waals surface area contributed by atoms with Crippen LogP contribution >= 0.6 is 11.8 Å². The Labute approximate surface area is 86.6 Å². The van der Waals surface area contributed by atoms with Crippen molar-refractivity contribution in [2.24, 2.45) is 11.3 Å². The van der Waals surface area contributed by atoms with Crippen molar-refractivity contribution < 1.29 is 13.2 Å². The standard InChI is InChI=1S/C10H15F3S/c11-10(12,13)7-9(8-1-2-8)3-5-14-6-4-9/h8H,1-7H2. The van der Waals surface area contributed by atoms with Crippen molar-refractivity contribution in [3.63, 3.8) is 0 Å². The van der Waals surface area contributed by atoms with E-state index in [-0.39, 0.29) is 5.41 Å². The Morgan fingerprint density at radius 3 is 2.14 bits per heavy atom. The predicted octanol–water partition coefficient (Wildman–Crippen LogP) is 3.86. The molecule has 0 aromatic heterocycles. The van der Waals surface area contributed by atoms with Crippen LogP contribution in [0.2, 0.25) is 0 Å². The van der Waals surface area contributed by atoms with Crippen LogP contribution in [0.25, 0.3) is 0 Å². The average molecular weight is 224 g/mol. The van der Waals surface area contributed by atoms with Gasteiger partial charge in [0.1, 0.15) is 0 Å². The van der Waals surface area contributed by atoms with Crippen LogP contribution in [0.5, 0.6) is 0 Å². The van der Waals surface area contributed by atoms with Gasteiger partial charge in [-0.05, 0) is 48.5 Å². The first-order chi connectivity index (χ1) is 6.52. The van der Waals surface area contributed by atoms with Crippen LogP contribution in [0.1, 0.15) is 32.1 Å². The molecule has 1 aliphatic heterocycles. The average Bonchev–Trinajstić information content (AvgIpc) is 2.84. The first-order valence-corrected chi connectivity index (χ1v) is 6.32. The molecule has 14 heavy (non-hydrogen) atoms. The van der Waals surface area contributed by atoms with Crippen LogP contribution in [0.4, 0.5) is 13.2 Å². The third-order valence-electron chi connectivity index (χ3n) is 3.48. The summed E-state index contributed by atoms with van der Waals surface area (Å²) in [5.74, 6) is 2.23. The molecule has 4 heteroatoms. The molecule has 1 aliphatic carbocycles. The zero-order valence-corrected chi connectivity index (χ0v) is 8.89. The molecule has 0 N–H and O–H groups in total. The van der Waals surface area contributed by atoms with E-state index in [1.165, 1.54) is 0 Å². The molecule has 0 aromatic rings. The molecule has 0 radical (unpaired) electrons. The maximum absolute atomic E-state index is 12.5. The maximum Gasteiger partial charge on any atom is 0.389 e. The molecule has 2 fully saturated rings. The molecule has 0 bridgehead atoms. The number of hydrogen-bond acceptors (Lipinski definition) is 1. The van der Waals surface area contributed by atoms with Gasteiger partial charge in [0, 0.05) is 6.42 Å². The van der Waals surface area contributed by atoms with Crippen LogP contribution in [-0.4, -0.2) is 17.7 Å². The summed E-state index contributed by atoms with van der Waals surface area (Å²) in [6.07, 6.45) is -0.888. The second-order valence-corrected chi connectivity index (χ2v) is 5.77. The van der Waals surface area contributed by atoms with Crippen LogP contribution < -0.4 is 0 Å². The Bertz CT molecular complexity index is 202. The van der Waals surface area contributed by atoms with Crippen molar-refractivity contribution in [1.29, 1.82) is 0 Å². The molecule has 0 spiro atoms. The largest absolute Gasteiger partial charge is 0.389 e. The normalized spacial score (nSPS) is 27.6. The van der Waals surface area contributed by atoms with Crippen molar-refractivity contribution in [1.82, 2.24) is 0 Å². The third-order valence-corrected chi connectivity index (χ3v) is 4.47. The summed E-state index contributed by atoms with van der Waals surface area (Å²) in [6.45, 7) is 0. The molecule has 1 saturated heterocycles. The van der Waals surface area contributed by atoms with Gasteiger partial charge in [-0.25, -0.2) is 0 Å². The second kappa shape index (κ2) is 3.62. The Kier molecular flexibility index (Phi) is 2.75. The summed E-state index contributed by atoms with van der Waals surface area (Å²) in [7, 11) is 0. The topological polar surface area (TPSA) is 0 Å². The molecule has 0 aromatic carbocycles. The summed E-state index contributed by atoms with van der Waals surface area (Å²) < 4.78 is 37.4. The fourth-order valence-electron chi connectivity index (χ4n) is 2.60. The fourth-order valence-corrected chi connectivity index (χ4v) is 3.91. The monoisotopic (exact) mass is 224 g/mol. The van der Waals surface area contributed by atoms with Crippen molar-refractivity contribution in [3.05, 3.63) is 0 Å². The lowest BCUT2D eigenvalue weighted by molar-refractivity contribution is -0.163. The highest BCUT2D eigenvalue weighted by Gasteiger charge is 2.51. The van der Waals surface area contributed by atoms with Gasteiger partial charge in [0.2, 0.25) is 0 Å². The molecule has 0 unspecified atom stereocenters. The van der Waals surface area contributed by atoms with E-state index in [4.69, 9.17) is 0 Å². The van der Waals surface area contributed by atoms with Crippen LogP contribution in [0.15, 0.2) is 0 Å². The van der Waals surface area contributed by atoms with Gasteiger partial charge in [-0.1, -0.05) is 0 Å². The Hall–Kier alpha value is 0.140. The second-order valence-electron chi connectivity index (χ2n) is 4.54. The van der Waals surface area contributed by atoms with Crippen molar-refractivity contribution in [2.45, 2.75) is 38.3 Å². The van der Waals surface area contributed by atoms with Crippen molar-refractivity contribution >= 4 is 11.8 Å². The molecule has 1 saturated carbocycles. The minimum absolute atomic E-state index is 0.372. The zero-order chi connectivity index (χ0) is 10.2. The smallest absolute Gasteiger partial charge is 0.171 e. The maximum atomic E-state index is 12.5. The minimum atomic E-state index is -3.97. The fraction of sp³-hybridized carbons (Fsp3) is 1.00. The summed E-state index contributed by atoms with van der Waals surface area (Å²) in [4.78, 5) is 0. The van der Waals surface area contributed by atoms with Gasteiger partial charge in [0.25, 0.3) is 0 Å². The van der Waals surface area contributed by atoms with Gasteiger partial charge in [-0.15, -0.1) is 0 Å². The lowest BCUT2D eigenvalue weighted by Gasteiger charge is -2.38. The molecule has 1 heterocycles. The molecule has 82 valence electrons. The summed E-state index contributed by atoms with van der Waals surface area (Å²) in [6, 6.07) is 0. The van der Waals surface area contributed by atoms with Gasteiger partial charge in [0.15, 0.2) is 0 Å². The van der Waals surface area contributed by atoms with E-state index in [1.54, 1.807) is 11.8 Å². The quantitative estimate of drug-likeness (QED) is 0.686. The van der Waals surface area contributed by atoms with Crippen LogP contribution in [-0.2, 0) is 0 Å². The highest BCUT2D eigenvalue weighted by molar-refractivity contribution is 7.99. The van der Waals surface area contributed by atoms with E-state index in [1.807, 2.05) is 0 Å². The molecule has 2 aliphatic rings. The van der Waals surface area contributed by atoms with Crippen molar-refractivity contribution in [2.75, 3.05) is 11.5 Å². The zero-order valence-electron chi connectivity index (χ0n) is 8.07. The summed E-state index contributed by atoms with van der Waals surface area (Å²) in [5.41, 5.74) is -0.372. The molecule has 0 amide bonds. The van der Waals surface area contributed by atoms with Gasteiger partial charge in [-0.3, -0.25) is 0 Å². The first-order valence-electron chi connectivity index (χ1n) is 5.16. The number of hydrogen-bond donors (Lipinski definition) is 0. The lowest BCUT2D eigenvalue weighted by Crippen LogP contribution is -2.34. The molecule has 2 rings (SSSR count). The molecular weight excluding hydrogens is 209 g/mol. The van der Waals surface area contributed by atoms with Crippen LogP contribution in [0.3, 0.4) is 0 Å². The summed E-state index contributed by atoms with van der Waals surface area (Å²) >= 11 is 1.80. The SMILES string of the molecule is FC(F)(F)CC1(C2CC2)CCSCC1. The van der Waals surface area contributed by atoms with Gasteiger partial charge in [-0.2, -0.15) is 24.9 Å². The van der Waals surface area contributed by atoms with Crippen molar-refractivity contribution in [3.8, 4) is 0 Å². The Morgan fingerprint density at radius 2 is 1.71 bits per heavy atom. The molecule has 0 nitrogen and oxygen atoms in total. The van der Waals surface area contributed by atoms with Gasteiger partial charge < -0.3 is 0 Å². The van der Waals surface area contributed by atoms with E-state index in [0.717, 1.165) is 37.2 Å². The van der Waals surface area contributed by atoms with Crippen LogP contribution in [0, 0.1) is 11.3 Å². The number of alkyl halides is 3. The highest BCUT2D eigenvalue weighted by atomic mass is 32.2. The van der Waals surface area contributed by atoms with E-state index >= 15 is 0 Å². The number of halogens is 3. The van der Waals surface area contributed by atoms with E-state index in [0.29, 0.717) is 5.92 Å². The Morgan fingerprint density at radius 1 is 1.14 bits per heavy atom.